The van der Waals surface area contributed by atoms with Crippen LogP contribution >= 0.6 is 11.6 Å². The van der Waals surface area contributed by atoms with Gasteiger partial charge in [-0.2, -0.15) is 0 Å². The summed E-state index contributed by atoms with van der Waals surface area (Å²) in [5.74, 6) is 0.838. The van der Waals surface area contributed by atoms with E-state index in [4.69, 9.17) is 26.8 Å². The van der Waals surface area contributed by atoms with Gasteiger partial charge in [0.15, 0.2) is 0 Å². The Morgan fingerprint density at radius 3 is 2.29 bits per heavy atom. The lowest BCUT2D eigenvalue weighted by molar-refractivity contribution is 0.0208. The van der Waals surface area contributed by atoms with Crippen molar-refractivity contribution in [3.63, 3.8) is 0 Å². The summed E-state index contributed by atoms with van der Waals surface area (Å²) < 4.78 is 11.5. The van der Waals surface area contributed by atoms with Gasteiger partial charge in [0, 0.05) is 11.1 Å². The van der Waals surface area contributed by atoms with Gasteiger partial charge in [-0.25, -0.2) is 0 Å². The topological polar surface area (TPSA) is 44.5 Å². The minimum absolute atomic E-state index is 0.108. The highest BCUT2D eigenvalue weighted by molar-refractivity contribution is 6.30. The van der Waals surface area contributed by atoms with E-state index in [1.54, 1.807) is 0 Å². The van der Waals surface area contributed by atoms with E-state index in [0.717, 1.165) is 11.3 Å². The Morgan fingerprint density at radius 1 is 1.00 bits per heavy atom. The molecule has 2 aromatic carbocycles. The van der Waals surface area contributed by atoms with E-state index in [-0.39, 0.29) is 12.1 Å². The van der Waals surface area contributed by atoms with Crippen LogP contribution in [0.25, 0.3) is 0 Å². The molecular formula is C17H20ClNO2. The molecule has 112 valence electrons. The summed E-state index contributed by atoms with van der Waals surface area (Å²) in [6.07, 6.45) is -0.165. The molecule has 0 saturated carbocycles. The van der Waals surface area contributed by atoms with Gasteiger partial charge in [0.2, 0.25) is 0 Å². The van der Waals surface area contributed by atoms with Crippen molar-refractivity contribution in [2.75, 3.05) is 13.2 Å². The summed E-state index contributed by atoms with van der Waals surface area (Å²) in [4.78, 5) is 0. The van der Waals surface area contributed by atoms with Gasteiger partial charge in [-0.15, -0.1) is 0 Å². The summed E-state index contributed by atoms with van der Waals surface area (Å²) in [5.41, 5.74) is 7.02. The Bertz CT molecular complexity index is 528. The van der Waals surface area contributed by atoms with E-state index in [0.29, 0.717) is 18.2 Å². The second kappa shape index (κ2) is 8.03. The van der Waals surface area contributed by atoms with Crippen molar-refractivity contribution in [2.24, 2.45) is 5.73 Å². The molecule has 2 aromatic rings. The fraction of sp³-hybridized carbons (Fsp3) is 0.294. The molecule has 0 bridgehead atoms. The van der Waals surface area contributed by atoms with Gasteiger partial charge in [-0.05, 0) is 36.8 Å². The number of rotatable bonds is 7. The highest BCUT2D eigenvalue weighted by atomic mass is 35.5. The van der Waals surface area contributed by atoms with E-state index in [2.05, 4.69) is 0 Å². The molecule has 2 N–H and O–H groups in total. The van der Waals surface area contributed by atoms with E-state index in [1.807, 2.05) is 61.5 Å². The van der Waals surface area contributed by atoms with Crippen LogP contribution in [0.3, 0.4) is 0 Å². The Labute approximate surface area is 130 Å². The van der Waals surface area contributed by atoms with Gasteiger partial charge < -0.3 is 15.2 Å². The highest BCUT2D eigenvalue weighted by Crippen LogP contribution is 2.22. The Balaban J connectivity index is 1.85. The first-order valence-corrected chi connectivity index (χ1v) is 7.35. The molecule has 21 heavy (non-hydrogen) atoms. The number of halogens is 1. The van der Waals surface area contributed by atoms with Crippen molar-refractivity contribution in [1.29, 1.82) is 0 Å². The molecule has 0 fully saturated rings. The number of benzene rings is 2. The number of nitrogens with two attached hydrogens (primary N) is 1. The molecule has 0 heterocycles. The Morgan fingerprint density at radius 2 is 1.67 bits per heavy atom. The van der Waals surface area contributed by atoms with Gasteiger partial charge >= 0.3 is 0 Å². The lowest BCUT2D eigenvalue weighted by atomic mass is 10.0. The van der Waals surface area contributed by atoms with Crippen LogP contribution in [-0.2, 0) is 4.74 Å². The van der Waals surface area contributed by atoms with Gasteiger partial charge in [-0.1, -0.05) is 41.9 Å². The zero-order chi connectivity index (χ0) is 15.1. The van der Waals surface area contributed by atoms with Crippen LogP contribution in [0.5, 0.6) is 5.75 Å². The van der Waals surface area contributed by atoms with Crippen LogP contribution in [0.1, 0.15) is 18.6 Å². The second-order valence-electron chi connectivity index (χ2n) is 4.86. The second-order valence-corrected chi connectivity index (χ2v) is 5.30. The lowest BCUT2D eigenvalue weighted by Crippen LogP contribution is -2.28. The molecule has 0 radical (unpaired) electrons. The average molecular weight is 306 g/mol. The maximum Gasteiger partial charge on any atom is 0.119 e. The molecule has 3 nitrogen and oxygen atoms in total. The minimum Gasteiger partial charge on any atom is -0.491 e. The predicted octanol–water partition coefficient (Wildman–Crippen LogP) is 3.82. The fourth-order valence-electron chi connectivity index (χ4n) is 2.06. The van der Waals surface area contributed by atoms with E-state index >= 15 is 0 Å². The molecule has 2 rings (SSSR count). The van der Waals surface area contributed by atoms with Crippen molar-refractivity contribution in [2.45, 2.75) is 19.1 Å². The summed E-state index contributed by atoms with van der Waals surface area (Å²) in [6.45, 7) is 2.89. The molecule has 4 heteroatoms. The van der Waals surface area contributed by atoms with Gasteiger partial charge in [0.1, 0.15) is 12.4 Å². The van der Waals surface area contributed by atoms with Crippen LogP contribution in [0.4, 0.5) is 0 Å². The molecule has 0 aliphatic carbocycles. The molecule has 2 atom stereocenters. The third-order valence-corrected chi connectivity index (χ3v) is 3.32. The number of hydrogen-bond donors (Lipinski definition) is 1. The zero-order valence-corrected chi connectivity index (χ0v) is 12.8. The summed E-state index contributed by atoms with van der Waals surface area (Å²) in [5, 5.41) is 0.703. The number of para-hydroxylation sites is 1. The minimum atomic E-state index is -0.165. The first-order valence-electron chi connectivity index (χ1n) is 6.97. The van der Waals surface area contributed by atoms with E-state index < -0.39 is 0 Å². The van der Waals surface area contributed by atoms with Gasteiger partial charge in [0.05, 0.1) is 12.7 Å². The quantitative estimate of drug-likeness (QED) is 0.791. The fourth-order valence-corrected chi connectivity index (χ4v) is 2.18. The third-order valence-electron chi connectivity index (χ3n) is 3.07. The average Bonchev–Trinajstić information content (AvgIpc) is 2.49. The molecule has 0 aliphatic heterocycles. The maximum absolute atomic E-state index is 6.00. The van der Waals surface area contributed by atoms with Crippen molar-refractivity contribution in [3.8, 4) is 5.75 Å². The lowest BCUT2D eigenvalue weighted by Gasteiger charge is -2.22. The monoisotopic (exact) mass is 305 g/mol. The molecule has 2 unspecified atom stereocenters. The van der Waals surface area contributed by atoms with E-state index in [9.17, 15) is 0 Å². The highest BCUT2D eigenvalue weighted by Gasteiger charge is 2.16. The maximum atomic E-state index is 6.00. The van der Waals surface area contributed by atoms with Gasteiger partial charge in [-0.3, -0.25) is 0 Å². The largest absolute Gasteiger partial charge is 0.491 e. The zero-order valence-electron chi connectivity index (χ0n) is 12.0. The first-order chi connectivity index (χ1) is 10.2. The SMILES string of the molecule is CC(N)C(OCCOc1ccccc1)c1ccc(Cl)cc1. The first kappa shape index (κ1) is 15.8. The molecule has 0 saturated heterocycles. The van der Waals surface area contributed by atoms with Crippen molar-refractivity contribution in [3.05, 3.63) is 65.2 Å². The summed E-state index contributed by atoms with van der Waals surface area (Å²) in [7, 11) is 0. The van der Waals surface area contributed by atoms with Gasteiger partial charge in [0.25, 0.3) is 0 Å². The third kappa shape index (κ3) is 5.05. The standard InChI is InChI=1S/C17H20ClNO2/c1-13(19)17(14-7-9-15(18)10-8-14)21-12-11-20-16-5-3-2-4-6-16/h2-10,13,17H,11-12,19H2,1H3. The van der Waals surface area contributed by atoms with Crippen LogP contribution < -0.4 is 10.5 Å². The molecule has 0 spiro atoms. The predicted molar refractivity (Wildman–Crippen MR) is 85.7 cm³/mol. The number of hydrogen-bond acceptors (Lipinski definition) is 3. The van der Waals surface area contributed by atoms with Crippen LogP contribution in [0, 0.1) is 0 Å². The molecule has 0 aliphatic rings. The normalized spacial score (nSPS) is 13.7. The van der Waals surface area contributed by atoms with Crippen LogP contribution in [0.15, 0.2) is 54.6 Å². The molecular weight excluding hydrogens is 286 g/mol. The summed E-state index contributed by atoms with van der Waals surface area (Å²) in [6, 6.07) is 17.1. The van der Waals surface area contributed by atoms with Crippen LogP contribution in [-0.4, -0.2) is 19.3 Å². The van der Waals surface area contributed by atoms with Crippen molar-refractivity contribution in [1.82, 2.24) is 0 Å². The molecule has 0 aromatic heterocycles. The smallest absolute Gasteiger partial charge is 0.119 e. The van der Waals surface area contributed by atoms with Crippen LogP contribution in [0.2, 0.25) is 5.02 Å². The van der Waals surface area contributed by atoms with Crippen molar-refractivity contribution < 1.29 is 9.47 Å². The summed E-state index contributed by atoms with van der Waals surface area (Å²) >= 11 is 5.90. The Kier molecular flexibility index (Phi) is 6.05. The molecule has 0 amide bonds. The Hall–Kier alpha value is -1.55. The van der Waals surface area contributed by atoms with E-state index in [1.165, 1.54) is 0 Å². The van der Waals surface area contributed by atoms with Crippen molar-refractivity contribution >= 4 is 11.6 Å². The number of ether oxygens (including phenoxy) is 2.